The smallest absolute Gasteiger partial charge is 0.321 e. The van der Waals surface area contributed by atoms with Crippen molar-refractivity contribution in [1.29, 1.82) is 0 Å². The molecule has 0 atom stereocenters. The molecule has 1 aromatic rings. The minimum absolute atomic E-state index is 0.0227. The number of nitrogen functional groups attached to an aromatic ring is 1. The van der Waals surface area contributed by atoms with Gasteiger partial charge in [0.05, 0.1) is 6.61 Å². The molecule has 0 saturated heterocycles. The third-order valence-electron chi connectivity index (χ3n) is 1.10. The first-order valence-electron chi connectivity index (χ1n) is 3.40. The SMILES string of the molecule is CCOc1nc(F)cc(NN)n1. The molecule has 12 heavy (non-hydrogen) atoms. The number of aromatic nitrogens is 2. The Labute approximate surface area is 68.7 Å². The molecule has 0 radical (unpaired) electrons. The molecule has 66 valence electrons. The van der Waals surface area contributed by atoms with Crippen molar-refractivity contribution >= 4 is 5.82 Å². The number of nitrogens with zero attached hydrogens (tertiary/aromatic N) is 2. The highest BCUT2D eigenvalue weighted by Gasteiger charge is 2.02. The van der Waals surface area contributed by atoms with Gasteiger partial charge in [0.1, 0.15) is 5.82 Å². The Balaban J connectivity index is 2.90. The van der Waals surface area contributed by atoms with Crippen LogP contribution in [-0.2, 0) is 0 Å². The van der Waals surface area contributed by atoms with Gasteiger partial charge in [0.15, 0.2) is 0 Å². The van der Waals surface area contributed by atoms with Crippen LogP contribution in [0.3, 0.4) is 0 Å². The first-order valence-corrected chi connectivity index (χ1v) is 3.40. The zero-order chi connectivity index (χ0) is 8.97. The molecule has 3 N–H and O–H groups in total. The fourth-order valence-electron chi connectivity index (χ4n) is 0.664. The number of hydrazine groups is 1. The van der Waals surface area contributed by atoms with Gasteiger partial charge in [-0.3, -0.25) is 0 Å². The molecule has 6 heteroatoms. The van der Waals surface area contributed by atoms with Gasteiger partial charge in [-0.15, -0.1) is 0 Å². The third-order valence-corrected chi connectivity index (χ3v) is 1.10. The van der Waals surface area contributed by atoms with Gasteiger partial charge in [-0.1, -0.05) is 0 Å². The first kappa shape index (κ1) is 8.66. The van der Waals surface area contributed by atoms with Gasteiger partial charge < -0.3 is 10.2 Å². The Morgan fingerprint density at radius 2 is 2.42 bits per heavy atom. The number of nitrogens with two attached hydrogens (primary N) is 1. The van der Waals surface area contributed by atoms with E-state index in [0.29, 0.717) is 6.61 Å². The maximum atomic E-state index is 12.6. The summed E-state index contributed by atoms with van der Waals surface area (Å²) in [6.45, 7) is 2.14. The minimum atomic E-state index is -0.679. The van der Waals surface area contributed by atoms with Gasteiger partial charge in [-0.2, -0.15) is 14.4 Å². The van der Waals surface area contributed by atoms with E-state index >= 15 is 0 Å². The highest BCUT2D eigenvalue weighted by molar-refractivity contribution is 5.32. The van der Waals surface area contributed by atoms with Crippen molar-refractivity contribution in [3.8, 4) is 6.01 Å². The minimum Gasteiger partial charge on any atom is -0.464 e. The standard InChI is InChI=1S/C6H9FN4O/c1-2-12-6-9-4(7)3-5(10-6)11-8/h3H,2,8H2,1H3,(H,9,10,11). The molecule has 0 bridgehead atoms. The Kier molecular flexibility index (Phi) is 2.76. The largest absolute Gasteiger partial charge is 0.464 e. The Hall–Kier alpha value is -1.43. The summed E-state index contributed by atoms with van der Waals surface area (Å²) >= 11 is 0. The van der Waals surface area contributed by atoms with Gasteiger partial charge in [0, 0.05) is 6.07 Å². The molecule has 0 fully saturated rings. The average Bonchev–Trinajstić information content (AvgIpc) is 2.04. The molecule has 0 amide bonds. The summed E-state index contributed by atoms with van der Waals surface area (Å²) in [7, 11) is 0. The zero-order valence-electron chi connectivity index (χ0n) is 6.54. The van der Waals surface area contributed by atoms with E-state index in [0.717, 1.165) is 6.07 Å². The van der Waals surface area contributed by atoms with Crippen LogP contribution in [0.1, 0.15) is 6.92 Å². The van der Waals surface area contributed by atoms with Gasteiger partial charge >= 0.3 is 6.01 Å². The van der Waals surface area contributed by atoms with Crippen molar-refractivity contribution in [1.82, 2.24) is 9.97 Å². The van der Waals surface area contributed by atoms with E-state index in [1.165, 1.54) is 0 Å². The normalized spacial score (nSPS) is 9.58. The van der Waals surface area contributed by atoms with Crippen LogP contribution in [0.25, 0.3) is 0 Å². The van der Waals surface area contributed by atoms with Crippen molar-refractivity contribution in [3.63, 3.8) is 0 Å². The number of nitrogens with one attached hydrogen (secondary N) is 1. The maximum Gasteiger partial charge on any atom is 0.321 e. The number of rotatable bonds is 3. The number of ether oxygens (including phenoxy) is 1. The van der Waals surface area contributed by atoms with Crippen LogP contribution in [0, 0.1) is 5.95 Å². The monoisotopic (exact) mass is 172 g/mol. The number of hydrogen-bond acceptors (Lipinski definition) is 5. The van der Waals surface area contributed by atoms with Gasteiger partial charge in [0.2, 0.25) is 5.95 Å². The predicted octanol–water partition coefficient (Wildman–Crippen LogP) is 0.300. The van der Waals surface area contributed by atoms with E-state index in [-0.39, 0.29) is 11.8 Å². The van der Waals surface area contributed by atoms with E-state index in [1.807, 2.05) is 0 Å². The summed E-state index contributed by atoms with van der Waals surface area (Å²) < 4.78 is 17.5. The van der Waals surface area contributed by atoms with Gasteiger partial charge in [-0.25, -0.2) is 5.84 Å². The maximum absolute atomic E-state index is 12.6. The van der Waals surface area contributed by atoms with Crippen molar-refractivity contribution < 1.29 is 9.13 Å². The van der Waals surface area contributed by atoms with Crippen LogP contribution in [0.2, 0.25) is 0 Å². The molecule has 0 unspecified atom stereocenters. The summed E-state index contributed by atoms with van der Waals surface area (Å²) in [6, 6.07) is 1.05. The summed E-state index contributed by atoms with van der Waals surface area (Å²) in [4.78, 5) is 7.11. The van der Waals surface area contributed by atoms with Crippen molar-refractivity contribution in [2.75, 3.05) is 12.0 Å². The van der Waals surface area contributed by atoms with Crippen LogP contribution >= 0.6 is 0 Å². The lowest BCUT2D eigenvalue weighted by Gasteiger charge is -2.02. The predicted molar refractivity (Wildman–Crippen MR) is 41.0 cm³/mol. The number of hydrogen-bond donors (Lipinski definition) is 2. The van der Waals surface area contributed by atoms with Gasteiger partial charge in [0.25, 0.3) is 0 Å². The van der Waals surface area contributed by atoms with E-state index < -0.39 is 5.95 Å². The summed E-state index contributed by atoms with van der Waals surface area (Å²) in [5.74, 6) is 4.53. The van der Waals surface area contributed by atoms with Crippen LogP contribution in [0.15, 0.2) is 6.07 Å². The fraction of sp³-hybridized carbons (Fsp3) is 0.333. The van der Waals surface area contributed by atoms with Crippen molar-refractivity contribution in [3.05, 3.63) is 12.0 Å². The van der Waals surface area contributed by atoms with Crippen LogP contribution in [0.5, 0.6) is 6.01 Å². The number of anilines is 1. The van der Waals surface area contributed by atoms with E-state index in [4.69, 9.17) is 10.6 Å². The van der Waals surface area contributed by atoms with E-state index in [2.05, 4.69) is 15.4 Å². The Morgan fingerprint density at radius 3 is 3.00 bits per heavy atom. The van der Waals surface area contributed by atoms with E-state index in [9.17, 15) is 4.39 Å². The Bertz CT molecular complexity index is 268. The third kappa shape index (κ3) is 2.03. The fourth-order valence-corrected chi connectivity index (χ4v) is 0.664. The highest BCUT2D eigenvalue weighted by Crippen LogP contribution is 2.09. The number of halogens is 1. The van der Waals surface area contributed by atoms with E-state index in [1.54, 1.807) is 6.92 Å². The molecule has 0 aromatic carbocycles. The topological polar surface area (TPSA) is 73.1 Å². The molecule has 1 heterocycles. The molecule has 5 nitrogen and oxygen atoms in total. The van der Waals surface area contributed by atoms with Crippen LogP contribution in [0.4, 0.5) is 10.2 Å². The second kappa shape index (κ2) is 3.82. The molecule has 1 aromatic heterocycles. The zero-order valence-corrected chi connectivity index (χ0v) is 6.54. The molecule has 0 aliphatic carbocycles. The Morgan fingerprint density at radius 1 is 1.67 bits per heavy atom. The lowest BCUT2D eigenvalue weighted by molar-refractivity contribution is 0.306. The average molecular weight is 172 g/mol. The molecular formula is C6H9FN4O. The highest BCUT2D eigenvalue weighted by atomic mass is 19.1. The summed E-state index contributed by atoms with van der Waals surface area (Å²) in [6.07, 6.45) is 0. The molecule has 0 aliphatic heterocycles. The lowest BCUT2D eigenvalue weighted by atomic mass is 10.6. The van der Waals surface area contributed by atoms with Crippen molar-refractivity contribution in [2.24, 2.45) is 5.84 Å². The van der Waals surface area contributed by atoms with Crippen molar-refractivity contribution in [2.45, 2.75) is 6.92 Å². The van der Waals surface area contributed by atoms with Crippen LogP contribution in [-0.4, -0.2) is 16.6 Å². The molecular weight excluding hydrogens is 163 g/mol. The second-order valence-corrected chi connectivity index (χ2v) is 1.94. The molecule has 0 spiro atoms. The van der Waals surface area contributed by atoms with Crippen LogP contribution < -0.4 is 16.0 Å². The summed E-state index contributed by atoms with van der Waals surface area (Å²) in [5.41, 5.74) is 2.20. The summed E-state index contributed by atoms with van der Waals surface area (Å²) in [5, 5.41) is 0. The lowest BCUT2D eigenvalue weighted by Crippen LogP contribution is -2.10. The quantitative estimate of drug-likeness (QED) is 0.389. The first-order chi connectivity index (χ1) is 5.76. The van der Waals surface area contributed by atoms with Gasteiger partial charge in [-0.05, 0) is 6.92 Å². The second-order valence-electron chi connectivity index (χ2n) is 1.94. The molecule has 0 aliphatic rings. The molecule has 1 rings (SSSR count). The molecule has 0 saturated carbocycles.